The minimum Gasteiger partial charge on any atom is -0.394 e. The third kappa shape index (κ3) is 10.8. The second-order valence-electron chi connectivity index (χ2n) is 0.697. The predicted molar refractivity (Wildman–Crippen MR) is 30.5 cm³/mol. The molecule has 0 aromatic carbocycles. The molecule has 0 aliphatic heterocycles. The van der Waals surface area contributed by atoms with Gasteiger partial charge in [0.15, 0.2) is 0 Å². The molecule has 0 atom stereocenters. The molecule has 0 N–H and O–H groups in total. The topological polar surface area (TPSA) is 0 Å². The molecular weight excluding hydrogens is 324 g/mol. The van der Waals surface area contributed by atoms with Gasteiger partial charge in [-0.1, -0.05) is 5.33 Å². The fourth-order valence-electron chi connectivity index (χ4n) is 0.113. The van der Waals surface area contributed by atoms with Gasteiger partial charge in [0.2, 0.25) is 0 Å². The first kappa shape index (κ1) is 10.6. The van der Waals surface area contributed by atoms with Crippen molar-refractivity contribution in [2.75, 3.05) is 5.33 Å². The third-order valence-corrected chi connectivity index (χ3v) is 0.615. The first-order valence-electron chi connectivity index (χ1n) is 1.58. The van der Waals surface area contributed by atoms with Crippen LogP contribution in [0.3, 0.4) is 0 Å². The molecule has 0 nitrogen and oxygen atoms in total. The average Bonchev–Trinajstić information content (AvgIpc) is 1.61. The Hall–Kier alpha value is 0.648. The van der Waals surface area contributed by atoms with Crippen LogP contribution < -0.4 is 0 Å². The number of hydrogen-bond donors (Lipinski definition) is 0. The van der Waals surface area contributed by atoms with Gasteiger partial charge in [0, 0.05) is 0 Å². The smallest absolute Gasteiger partial charge is 0.394 e. The van der Waals surface area contributed by atoms with Crippen LogP contribution in [0.15, 0.2) is 12.2 Å². The Morgan fingerprint density at radius 1 is 1.71 bits per heavy atom. The first-order chi connectivity index (χ1) is 2.91. The summed E-state index contributed by atoms with van der Waals surface area (Å²) in [5.41, 5.74) is 0. The van der Waals surface area contributed by atoms with Gasteiger partial charge in [-0.2, -0.15) is 0 Å². The Kier molecular flexibility index (Phi) is 14.9. The molecule has 0 heterocycles. The van der Waals surface area contributed by atoms with Crippen molar-refractivity contribution in [3.05, 3.63) is 24.8 Å². The van der Waals surface area contributed by atoms with Gasteiger partial charge in [-0.3, -0.25) is 0 Å². The summed E-state index contributed by atoms with van der Waals surface area (Å²) >= 11 is 3.13. The monoisotopic (exact) mass is 328 g/mol. The zero-order chi connectivity index (χ0) is 4.83. The molecule has 0 aromatic heterocycles. The van der Waals surface area contributed by atoms with Crippen LogP contribution in [0.4, 0.5) is 0 Å². The number of hydrogen-bond acceptors (Lipinski definition) is 0. The summed E-state index contributed by atoms with van der Waals surface area (Å²) < 4.78 is 0. The average molecular weight is 329 g/mol. The van der Waals surface area contributed by atoms with E-state index in [0.29, 0.717) is 0 Å². The van der Waals surface area contributed by atoms with Gasteiger partial charge >= 0.3 is 21.1 Å². The largest absolute Gasteiger partial charge is 2.00 e. The number of halogens is 1. The molecule has 38 valence electrons. The maximum atomic E-state index is 4.95. The number of alkyl halides is 1. The Morgan fingerprint density at radius 2 is 2.29 bits per heavy atom. The normalized spacial score (nSPS) is 8.14. The van der Waals surface area contributed by atoms with E-state index >= 15 is 0 Å². The van der Waals surface area contributed by atoms with Crippen molar-refractivity contribution in [2.45, 2.75) is 0 Å². The van der Waals surface area contributed by atoms with Gasteiger partial charge in [-0.25, -0.2) is 0 Å². The zero-order valence-electron chi connectivity index (χ0n) is 3.73. The van der Waals surface area contributed by atoms with Crippen LogP contribution >= 0.6 is 15.9 Å². The van der Waals surface area contributed by atoms with E-state index < -0.39 is 0 Å². The van der Waals surface area contributed by atoms with Crippen LogP contribution in [0.5, 0.6) is 0 Å². The summed E-state index contributed by atoms with van der Waals surface area (Å²) in [7, 11) is 0. The molecule has 0 amide bonds. The molecule has 0 aliphatic carbocycles. The van der Waals surface area contributed by atoms with Crippen LogP contribution in [0.1, 0.15) is 0 Å². The predicted octanol–water partition coefficient (Wildman–Crippen LogP) is 1.73. The molecule has 2 heteroatoms. The SMILES string of the molecule is [CH-]=CC=[C-]CBr.[W+2]. The minimum atomic E-state index is 0. The van der Waals surface area contributed by atoms with E-state index in [1.807, 2.05) is 0 Å². The third-order valence-electron chi connectivity index (χ3n) is 0.291. The summed E-state index contributed by atoms with van der Waals surface area (Å²) in [6, 6.07) is 0. The number of rotatable bonds is 2. The number of allylic oxidation sites excluding steroid dienone is 3. The molecule has 0 radical (unpaired) electrons. The molecule has 0 aliphatic rings. The molecule has 0 fully saturated rings. The summed E-state index contributed by atoms with van der Waals surface area (Å²) in [5.74, 6) is 0. The second-order valence-corrected chi connectivity index (χ2v) is 1.26. The molecule has 0 aromatic rings. The molecule has 0 spiro atoms. The summed E-state index contributed by atoms with van der Waals surface area (Å²) in [5, 5.41) is 0.751. The van der Waals surface area contributed by atoms with E-state index in [1.54, 1.807) is 6.08 Å². The Balaban J connectivity index is 0. The van der Waals surface area contributed by atoms with Crippen molar-refractivity contribution >= 4 is 15.9 Å². The molecule has 0 unspecified atom stereocenters. The Morgan fingerprint density at radius 3 is 2.43 bits per heavy atom. The van der Waals surface area contributed by atoms with E-state index in [1.165, 1.54) is 6.08 Å². The zero-order valence-corrected chi connectivity index (χ0v) is 8.24. The van der Waals surface area contributed by atoms with Crippen molar-refractivity contribution in [3.63, 3.8) is 0 Å². The summed E-state index contributed by atoms with van der Waals surface area (Å²) in [4.78, 5) is 0. The van der Waals surface area contributed by atoms with Gasteiger partial charge in [0.1, 0.15) is 0 Å². The van der Waals surface area contributed by atoms with Gasteiger partial charge in [0.25, 0.3) is 0 Å². The van der Waals surface area contributed by atoms with Gasteiger partial charge in [0.05, 0.1) is 0 Å². The Bertz CT molecular complexity index is 59.1. The van der Waals surface area contributed by atoms with Gasteiger partial charge in [-0.05, 0) is 0 Å². The van der Waals surface area contributed by atoms with E-state index in [2.05, 4.69) is 22.0 Å². The van der Waals surface area contributed by atoms with Crippen LogP contribution in [0.25, 0.3) is 0 Å². The summed E-state index contributed by atoms with van der Waals surface area (Å²) in [6.07, 6.45) is 5.92. The van der Waals surface area contributed by atoms with Crippen LogP contribution in [0, 0.1) is 12.7 Å². The van der Waals surface area contributed by atoms with E-state index in [0.717, 1.165) is 5.33 Å². The van der Waals surface area contributed by atoms with Crippen molar-refractivity contribution in [1.82, 2.24) is 0 Å². The fraction of sp³-hybridized carbons (Fsp3) is 0.200. The minimum absolute atomic E-state index is 0. The van der Waals surface area contributed by atoms with Crippen molar-refractivity contribution < 1.29 is 21.1 Å². The van der Waals surface area contributed by atoms with Crippen molar-refractivity contribution in [1.29, 1.82) is 0 Å². The molecule has 0 saturated carbocycles. The maximum absolute atomic E-state index is 4.95. The Labute approximate surface area is 67.1 Å². The fourth-order valence-corrected chi connectivity index (χ4v) is 0.299. The van der Waals surface area contributed by atoms with Crippen molar-refractivity contribution in [2.24, 2.45) is 0 Å². The van der Waals surface area contributed by atoms with Crippen LogP contribution in [-0.4, -0.2) is 5.33 Å². The van der Waals surface area contributed by atoms with Gasteiger partial charge < -0.3 is 24.8 Å². The van der Waals surface area contributed by atoms with Gasteiger partial charge in [-0.15, -0.1) is 15.9 Å². The summed E-state index contributed by atoms with van der Waals surface area (Å²) in [6.45, 7) is 4.95. The van der Waals surface area contributed by atoms with Crippen molar-refractivity contribution in [3.8, 4) is 0 Å². The first-order valence-corrected chi connectivity index (χ1v) is 2.70. The molecule has 7 heavy (non-hydrogen) atoms. The maximum Gasteiger partial charge on any atom is 2.00 e. The van der Waals surface area contributed by atoms with E-state index in [-0.39, 0.29) is 21.1 Å². The molecular formula is C5H5BrW. The van der Waals surface area contributed by atoms with Crippen LogP contribution in [0.2, 0.25) is 0 Å². The van der Waals surface area contributed by atoms with E-state index in [4.69, 9.17) is 6.58 Å². The van der Waals surface area contributed by atoms with E-state index in [9.17, 15) is 0 Å². The second kappa shape index (κ2) is 9.82. The quantitative estimate of drug-likeness (QED) is 0.411. The molecule has 0 bridgehead atoms. The molecule has 0 saturated heterocycles. The standard InChI is InChI=1S/C5H5Br.W/c1-2-3-4-5-6;/h1-3H,5H2;/q-2;+2. The molecule has 0 rings (SSSR count). The van der Waals surface area contributed by atoms with Crippen LogP contribution in [-0.2, 0) is 21.1 Å².